The van der Waals surface area contributed by atoms with Gasteiger partial charge in [-0.05, 0) is 31.0 Å². The highest BCUT2D eigenvalue weighted by molar-refractivity contribution is 5.43. The Balaban J connectivity index is 2.02. The Morgan fingerprint density at radius 1 is 1.20 bits per heavy atom. The van der Waals surface area contributed by atoms with E-state index in [2.05, 4.69) is 23.4 Å². The predicted molar refractivity (Wildman–Crippen MR) is 79.5 cm³/mol. The number of hydrogen-bond acceptors (Lipinski definition) is 4. The van der Waals surface area contributed by atoms with Gasteiger partial charge in [-0.15, -0.1) is 0 Å². The van der Waals surface area contributed by atoms with Crippen LogP contribution in [0.3, 0.4) is 0 Å². The van der Waals surface area contributed by atoms with Crippen LogP contribution in [0.2, 0.25) is 0 Å². The molecule has 108 valence electrons. The number of rotatable bonds is 6. The van der Waals surface area contributed by atoms with Crippen molar-refractivity contribution in [3.05, 3.63) is 36.0 Å². The standard InChI is InChI=1S/C15H21N3O2/c1-11(16-15-7-8-18(2)17-15)9-12-5-6-13(19-3)14(10-12)20-4/h5-8,10-11H,9H2,1-4H3,(H,16,17). The van der Waals surface area contributed by atoms with Gasteiger partial charge in [-0.2, -0.15) is 5.10 Å². The van der Waals surface area contributed by atoms with Crippen molar-refractivity contribution in [2.24, 2.45) is 7.05 Å². The van der Waals surface area contributed by atoms with Gasteiger partial charge in [0.15, 0.2) is 11.5 Å². The van der Waals surface area contributed by atoms with Crippen molar-refractivity contribution in [1.82, 2.24) is 9.78 Å². The molecule has 0 aliphatic rings. The van der Waals surface area contributed by atoms with Gasteiger partial charge in [0.05, 0.1) is 14.2 Å². The zero-order chi connectivity index (χ0) is 14.5. The second-order valence-corrected chi connectivity index (χ2v) is 4.81. The van der Waals surface area contributed by atoms with Gasteiger partial charge in [-0.25, -0.2) is 0 Å². The van der Waals surface area contributed by atoms with E-state index >= 15 is 0 Å². The number of aryl methyl sites for hydroxylation is 1. The third-order valence-corrected chi connectivity index (χ3v) is 3.10. The van der Waals surface area contributed by atoms with E-state index in [1.807, 2.05) is 31.4 Å². The number of nitrogens with zero attached hydrogens (tertiary/aromatic N) is 2. The van der Waals surface area contributed by atoms with Crippen LogP contribution in [0.25, 0.3) is 0 Å². The van der Waals surface area contributed by atoms with Crippen LogP contribution in [-0.4, -0.2) is 30.0 Å². The Morgan fingerprint density at radius 3 is 2.55 bits per heavy atom. The Morgan fingerprint density at radius 2 is 1.95 bits per heavy atom. The maximum atomic E-state index is 5.32. The molecule has 5 heteroatoms. The van der Waals surface area contributed by atoms with E-state index in [-0.39, 0.29) is 6.04 Å². The summed E-state index contributed by atoms with van der Waals surface area (Å²) in [5, 5.41) is 7.69. The molecule has 20 heavy (non-hydrogen) atoms. The normalized spacial score (nSPS) is 12.0. The smallest absolute Gasteiger partial charge is 0.160 e. The number of anilines is 1. The maximum Gasteiger partial charge on any atom is 0.160 e. The van der Waals surface area contributed by atoms with Crippen molar-refractivity contribution in [3.63, 3.8) is 0 Å². The molecule has 5 nitrogen and oxygen atoms in total. The highest BCUT2D eigenvalue weighted by Crippen LogP contribution is 2.28. The molecule has 0 aliphatic carbocycles. The quantitative estimate of drug-likeness (QED) is 0.880. The molecular formula is C15H21N3O2. The van der Waals surface area contributed by atoms with Crippen LogP contribution in [-0.2, 0) is 13.5 Å². The lowest BCUT2D eigenvalue weighted by Crippen LogP contribution is -2.18. The van der Waals surface area contributed by atoms with E-state index in [0.29, 0.717) is 0 Å². The molecule has 0 saturated carbocycles. The highest BCUT2D eigenvalue weighted by Gasteiger charge is 2.09. The number of aromatic nitrogens is 2. The second-order valence-electron chi connectivity index (χ2n) is 4.81. The van der Waals surface area contributed by atoms with E-state index in [1.165, 1.54) is 5.56 Å². The van der Waals surface area contributed by atoms with Crippen LogP contribution in [0.4, 0.5) is 5.82 Å². The van der Waals surface area contributed by atoms with Crippen molar-refractivity contribution in [3.8, 4) is 11.5 Å². The average molecular weight is 275 g/mol. The zero-order valence-corrected chi connectivity index (χ0v) is 12.4. The first-order valence-corrected chi connectivity index (χ1v) is 6.59. The van der Waals surface area contributed by atoms with E-state index in [1.54, 1.807) is 18.9 Å². The van der Waals surface area contributed by atoms with Gasteiger partial charge in [0.25, 0.3) is 0 Å². The number of hydrogen-bond donors (Lipinski definition) is 1. The van der Waals surface area contributed by atoms with Crippen LogP contribution in [0.1, 0.15) is 12.5 Å². The highest BCUT2D eigenvalue weighted by atomic mass is 16.5. The molecule has 0 fully saturated rings. The molecule has 0 saturated heterocycles. The summed E-state index contributed by atoms with van der Waals surface area (Å²) in [7, 11) is 5.20. The summed E-state index contributed by atoms with van der Waals surface area (Å²) in [5.41, 5.74) is 1.19. The molecule has 2 aromatic rings. The lowest BCUT2D eigenvalue weighted by Gasteiger charge is -2.15. The minimum absolute atomic E-state index is 0.281. The van der Waals surface area contributed by atoms with E-state index in [4.69, 9.17) is 9.47 Å². The number of benzene rings is 1. The summed E-state index contributed by atoms with van der Waals surface area (Å²) in [6.07, 6.45) is 2.81. The summed E-state index contributed by atoms with van der Waals surface area (Å²) in [4.78, 5) is 0. The van der Waals surface area contributed by atoms with Crippen LogP contribution in [0, 0.1) is 0 Å². The SMILES string of the molecule is COc1ccc(CC(C)Nc2ccn(C)n2)cc1OC. The summed E-state index contributed by atoms with van der Waals surface area (Å²) in [6, 6.07) is 8.24. The van der Waals surface area contributed by atoms with Crippen LogP contribution in [0.5, 0.6) is 11.5 Å². The molecule has 0 amide bonds. The summed E-state index contributed by atoms with van der Waals surface area (Å²) in [5.74, 6) is 2.40. The molecule has 1 aromatic carbocycles. The third-order valence-electron chi connectivity index (χ3n) is 3.10. The van der Waals surface area contributed by atoms with Gasteiger partial charge in [0.1, 0.15) is 5.82 Å². The molecule has 1 atom stereocenters. The van der Waals surface area contributed by atoms with Gasteiger partial charge in [0.2, 0.25) is 0 Å². The van der Waals surface area contributed by atoms with Crippen LogP contribution < -0.4 is 14.8 Å². The maximum absolute atomic E-state index is 5.32. The third kappa shape index (κ3) is 3.44. The first-order chi connectivity index (χ1) is 9.62. The Labute approximate surface area is 119 Å². The van der Waals surface area contributed by atoms with Gasteiger partial charge in [-0.3, -0.25) is 4.68 Å². The lowest BCUT2D eigenvalue weighted by atomic mass is 10.1. The van der Waals surface area contributed by atoms with Crippen LogP contribution in [0.15, 0.2) is 30.5 Å². The summed E-state index contributed by atoms with van der Waals surface area (Å²) < 4.78 is 12.3. The van der Waals surface area contributed by atoms with Crippen molar-refractivity contribution >= 4 is 5.82 Å². The minimum Gasteiger partial charge on any atom is -0.493 e. The Kier molecular flexibility index (Phi) is 4.50. The van der Waals surface area contributed by atoms with E-state index in [9.17, 15) is 0 Å². The average Bonchev–Trinajstić information content (AvgIpc) is 2.83. The first-order valence-electron chi connectivity index (χ1n) is 6.59. The molecule has 1 N–H and O–H groups in total. The lowest BCUT2D eigenvalue weighted by molar-refractivity contribution is 0.354. The predicted octanol–water partition coefficient (Wildman–Crippen LogP) is 2.48. The molecule has 2 rings (SSSR count). The molecule has 1 unspecified atom stereocenters. The molecule has 0 bridgehead atoms. The molecule has 0 aliphatic heterocycles. The monoisotopic (exact) mass is 275 g/mol. The summed E-state index contributed by atoms with van der Waals surface area (Å²) in [6.45, 7) is 2.13. The molecule has 1 aromatic heterocycles. The van der Waals surface area contributed by atoms with E-state index < -0.39 is 0 Å². The van der Waals surface area contributed by atoms with Crippen molar-refractivity contribution in [1.29, 1.82) is 0 Å². The van der Waals surface area contributed by atoms with Crippen LogP contribution >= 0.6 is 0 Å². The topological polar surface area (TPSA) is 48.3 Å². The first kappa shape index (κ1) is 14.2. The van der Waals surface area contributed by atoms with E-state index in [0.717, 1.165) is 23.7 Å². The Bertz CT molecular complexity index is 566. The molecule has 1 heterocycles. The molecular weight excluding hydrogens is 254 g/mol. The molecule has 0 radical (unpaired) electrons. The van der Waals surface area contributed by atoms with Crippen molar-refractivity contribution < 1.29 is 9.47 Å². The fourth-order valence-electron chi connectivity index (χ4n) is 2.16. The van der Waals surface area contributed by atoms with Gasteiger partial charge in [-0.1, -0.05) is 6.07 Å². The number of methoxy groups -OCH3 is 2. The molecule has 0 spiro atoms. The largest absolute Gasteiger partial charge is 0.493 e. The summed E-state index contributed by atoms with van der Waals surface area (Å²) >= 11 is 0. The van der Waals surface area contributed by atoms with Crippen molar-refractivity contribution in [2.75, 3.05) is 19.5 Å². The number of nitrogens with one attached hydrogen (secondary N) is 1. The fraction of sp³-hybridized carbons (Fsp3) is 0.400. The second kappa shape index (κ2) is 6.32. The minimum atomic E-state index is 0.281. The Hall–Kier alpha value is -2.17. The zero-order valence-electron chi connectivity index (χ0n) is 12.4. The van der Waals surface area contributed by atoms with Gasteiger partial charge < -0.3 is 14.8 Å². The number of ether oxygens (including phenoxy) is 2. The van der Waals surface area contributed by atoms with Gasteiger partial charge in [0, 0.05) is 25.4 Å². The fourth-order valence-corrected chi connectivity index (χ4v) is 2.16. The van der Waals surface area contributed by atoms with Gasteiger partial charge >= 0.3 is 0 Å². The van der Waals surface area contributed by atoms with Crippen molar-refractivity contribution in [2.45, 2.75) is 19.4 Å².